The molecule has 0 aromatic rings. The lowest BCUT2D eigenvalue weighted by molar-refractivity contribution is -0.559. The Morgan fingerprint density at radius 2 is 1.85 bits per heavy atom. The van der Waals surface area contributed by atoms with Gasteiger partial charge in [-0.25, -0.2) is 0 Å². The van der Waals surface area contributed by atoms with Crippen molar-refractivity contribution < 1.29 is 4.74 Å². The van der Waals surface area contributed by atoms with Crippen molar-refractivity contribution in [1.29, 1.82) is 0 Å². The predicted molar refractivity (Wildman–Crippen MR) is 50.1 cm³/mol. The molecule has 0 spiro atoms. The highest BCUT2D eigenvalue weighted by Gasteiger charge is 2.55. The van der Waals surface area contributed by atoms with E-state index in [1.54, 1.807) is 20.8 Å². The first-order valence-electron chi connectivity index (χ1n) is 4.21. The molecule has 0 N–H and O–H groups in total. The molecule has 0 saturated carbocycles. The zero-order chi connectivity index (χ0) is 10.4. The molecule has 0 amide bonds. The molecule has 0 aliphatic carbocycles. The second-order valence-corrected chi connectivity index (χ2v) is 4.33. The molecule has 5 nitrogen and oxygen atoms in total. The Hall–Kier alpha value is -1.13. The highest BCUT2D eigenvalue weighted by atomic mass is 16.5. The van der Waals surface area contributed by atoms with Crippen LogP contribution in [-0.2, 0) is 0 Å². The lowest BCUT2D eigenvalue weighted by Gasteiger charge is -2.30. The summed E-state index contributed by atoms with van der Waals surface area (Å²) in [6, 6.07) is 0. The van der Waals surface area contributed by atoms with Crippen LogP contribution in [0.5, 0.6) is 0 Å². The van der Waals surface area contributed by atoms with Crippen molar-refractivity contribution >= 4 is 5.71 Å². The SMILES string of the molecule is CC1=[N+]([O-])C(C)(C)N(N=O)C1(C)C. The number of nitroso groups, excluding NO2 is 1. The third kappa shape index (κ3) is 1.03. The molecule has 74 valence electrons. The number of rotatable bonds is 1. The summed E-state index contributed by atoms with van der Waals surface area (Å²) in [5, 5.41) is 15.9. The van der Waals surface area contributed by atoms with E-state index in [9.17, 15) is 10.1 Å². The van der Waals surface area contributed by atoms with Crippen molar-refractivity contribution in [2.24, 2.45) is 5.29 Å². The summed E-state index contributed by atoms with van der Waals surface area (Å²) < 4.78 is 0.842. The van der Waals surface area contributed by atoms with Gasteiger partial charge in [0.05, 0.1) is 5.29 Å². The quantitative estimate of drug-likeness (QED) is 0.353. The van der Waals surface area contributed by atoms with Gasteiger partial charge in [0.2, 0.25) is 0 Å². The van der Waals surface area contributed by atoms with Gasteiger partial charge in [-0.05, 0) is 13.8 Å². The van der Waals surface area contributed by atoms with Crippen molar-refractivity contribution in [1.82, 2.24) is 5.01 Å². The zero-order valence-electron chi connectivity index (χ0n) is 8.66. The predicted octanol–water partition coefficient (Wildman–Crippen LogP) is 1.47. The lowest BCUT2D eigenvalue weighted by Crippen LogP contribution is -2.49. The topological polar surface area (TPSA) is 58.7 Å². The first-order valence-corrected chi connectivity index (χ1v) is 4.21. The van der Waals surface area contributed by atoms with Gasteiger partial charge >= 0.3 is 0 Å². The Morgan fingerprint density at radius 1 is 1.38 bits per heavy atom. The van der Waals surface area contributed by atoms with Gasteiger partial charge in [0.1, 0.15) is 5.54 Å². The summed E-state index contributed by atoms with van der Waals surface area (Å²) >= 11 is 0. The van der Waals surface area contributed by atoms with Gasteiger partial charge in [0.25, 0.3) is 5.66 Å². The Balaban J connectivity index is 3.28. The van der Waals surface area contributed by atoms with Gasteiger partial charge in [0.15, 0.2) is 5.71 Å². The van der Waals surface area contributed by atoms with Crippen molar-refractivity contribution in [3.05, 3.63) is 10.1 Å². The van der Waals surface area contributed by atoms with Gasteiger partial charge < -0.3 is 5.21 Å². The van der Waals surface area contributed by atoms with Gasteiger partial charge in [-0.3, -0.25) is 0 Å². The molecule has 0 unspecified atom stereocenters. The van der Waals surface area contributed by atoms with Gasteiger partial charge in [-0.2, -0.15) is 9.75 Å². The summed E-state index contributed by atoms with van der Waals surface area (Å²) in [6.07, 6.45) is 0. The zero-order valence-corrected chi connectivity index (χ0v) is 8.66. The van der Waals surface area contributed by atoms with Gasteiger partial charge in [0, 0.05) is 20.8 Å². The van der Waals surface area contributed by atoms with Crippen LogP contribution in [0.4, 0.5) is 0 Å². The first kappa shape index (κ1) is 9.95. The summed E-state index contributed by atoms with van der Waals surface area (Å²) in [5.41, 5.74) is -0.861. The van der Waals surface area contributed by atoms with Crippen molar-refractivity contribution in [3.8, 4) is 0 Å². The number of nitrogens with zero attached hydrogens (tertiary/aromatic N) is 3. The normalized spacial score (nSPS) is 25.2. The van der Waals surface area contributed by atoms with E-state index < -0.39 is 11.2 Å². The van der Waals surface area contributed by atoms with Crippen LogP contribution in [0.1, 0.15) is 34.6 Å². The summed E-state index contributed by atoms with van der Waals surface area (Å²) in [5.74, 6) is 0. The highest BCUT2D eigenvalue weighted by Crippen LogP contribution is 2.33. The van der Waals surface area contributed by atoms with E-state index in [0.29, 0.717) is 5.71 Å². The number of hydrogen-bond donors (Lipinski definition) is 0. The molecule has 0 aromatic heterocycles. The fraction of sp³-hybridized carbons (Fsp3) is 0.875. The van der Waals surface area contributed by atoms with Crippen LogP contribution >= 0.6 is 0 Å². The maximum absolute atomic E-state index is 11.7. The van der Waals surface area contributed by atoms with E-state index in [1.165, 1.54) is 5.01 Å². The average Bonchev–Trinajstić information content (AvgIpc) is 2.10. The summed E-state index contributed by atoms with van der Waals surface area (Å²) in [6.45, 7) is 8.70. The minimum Gasteiger partial charge on any atom is -0.622 e. The maximum atomic E-state index is 11.7. The van der Waals surface area contributed by atoms with Gasteiger partial charge in [-0.1, -0.05) is 0 Å². The highest BCUT2D eigenvalue weighted by molar-refractivity contribution is 5.87. The number of hydroxylamine groups is 1. The minimum absolute atomic E-state index is 0.590. The van der Waals surface area contributed by atoms with Crippen LogP contribution < -0.4 is 0 Å². The molecule has 1 rings (SSSR count). The standard InChI is InChI=1S/C8H15N3O2/c1-6-7(2,3)11(9-12)8(4,5)10(6)13/h1-5H3. The van der Waals surface area contributed by atoms with Crippen LogP contribution in [-0.4, -0.2) is 26.7 Å². The van der Waals surface area contributed by atoms with Crippen LogP contribution in [0.25, 0.3) is 0 Å². The van der Waals surface area contributed by atoms with Crippen molar-refractivity contribution in [2.75, 3.05) is 0 Å². The van der Waals surface area contributed by atoms with Crippen LogP contribution in [0.2, 0.25) is 0 Å². The molecular weight excluding hydrogens is 170 g/mol. The Bertz CT molecular complexity index is 257. The second kappa shape index (κ2) is 2.43. The van der Waals surface area contributed by atoms with E-state index in [0.717, 1.165) is 4.74 Å². The second-order valence-electron chi connectivity index (χ2n) is 4.33. The van der Waals surface area contributed by atoms with Crippen molar-refractivity contribution in [3.63, 3.8) is 0 Å². The minimum atomic E-state index is -0.880. The van der Waals surface area contributed by atoms with E-state index in [2.05, 4.69) is 5.29 Å². The molecule has 5 heteroatoms. The third-order valence-corrected chi connectivity index (χ3v) is 2.82. The molecule has 1 aliphatic rings. The molecule has 0 atom stereocenters. The van der Waals surface area contributed by atoms with Crippen LogP contribution in [0.15, 0.2) is 5.29 Å². The monoisotopic (exact) mass is 185 g/mol. The van der Waals surface area contributed by atoms with Crippen LogP contribution in [0, 0.1) is 10.1 Å². The molecule has 0 radical (unpaired) electrons. The number of hydrogen-bond acceptors (Lipinski definition) is 3. The molecule has 0 aromatic carbocycles. The van der Waals surface area contributed by atoms with E-state index >= 15 is 0 Å². The Labute approximate surface area is 77.6 Å². The largest absolute Gasteiger partial charge is 0.622 e. The summed E-state index contributed by atoms with van der Waals surface area (Å²) in [7, 11) is 0. The van der Waals surface area contributed by atoms with E-state index in [1.807, 2.05) is 13.8 Å². The Kier molecular flexibility index (Phi) is 1.86. The van der Waals surface area contributed by atoms with E-state index in [-0.39, 0.29) is 0 Å². The molecule has 1 heterocycles. The molecule has 0 bridgehead atoms. The third-order valence-electron chi connectivity index (χ3n) is 2.82. The molecule has 0 saturated heterocycles. The smallest absolute Gasteiger partial charge is 0.260 e. The fourth-order valence-corrected chi connectivity index (χ4v) is 1.78. The maximum Gasteiger partial charge on any atom is 0.260 e. The van der Waals surface area contributed by atoms with Gasteiger partial charge in [-0.15, -0.1) is 4.91 Å². The lowest BCUT2D eigenvalue weighted by atomic mass is 10.00. The van der Waals surface area contributed by atoms with Crippen molar-refractivity contribution in [2.45, 2.75) is 45.8 Å². The first-order chi connectivity index (χ1) is 5.76. The summed E-state index contributed by atoms with van der Waals surface area (Å²) in [4.78, 5) is 10.6. The molecular formula is C8H15N3O2. The average molecular weight is 185 g/mol. The molecule has 13 heavy (non-hydrogen) atoms. The molecule has 1 aliphatic heterocycles. The van der Waals surface area contributed by atoms with Crippen LogP contribution in [0.3, 0.4) is 0 Å². The van der Waals surface area contributed by atoms with E-state index in [4.69, 9.17) is 0 Å². The fourth-order valence-electron chi connectivity index (χ4n) is 1.78. The molecule has 0 fully saturated rings. The Morgan fingerprint density at radius 3 is 2.00 bits per heavy atom.